The zero-order chi connectivity index (χ0) is 12.2. The number of hydrogen-bond donors (Lipinski definition) is 0. The van der Waals surface area contributed by atoms with Crippen molar-refractivity contribution >= 4 is 5.97 Å². The van der Waals surface area contributed by atoms with Crippen LogP contribution >= 0.6 is 0 Å². The first-order valence-corrected chi connectivity index (χ1v) is 6.34. The highest BCUT2D eigenvalue weighted by atomic mass is 16.5. The van der Waals surface area contributed by atoms with Crippen LogP contribution in [0.1, 0.15) is 33.1 Å². The second kappa shape index (κ2) is 3.59. The van der Waals surface area contributed by atoms with Gasteiger partial charge in [0, 0.05) is 11.5 Å². The Morgan fingerprint density at radius 1 is 1.35 bits per heavy atom. The first-order valence-electron chi connectivity index (χ1n) is 6.34. The Morgan fingerprint density at radius 2 is 2.12 bits per heavy atom. The molecule has 1 fully saturated rings. The standard InChI is InChI=1S/C15H18O2/c1-8-4-7-12-10(3)15(16)17-14(12)13-9(2)5-6-11(8)13/h5,11,13-14H,1,4,6-7H2,2-3H3/t11-,13-,14?/m0/s1. The summed E-state index contributed by atoms with van der Waals surface area (Å²) < 4.78 is 5.60. The van der Waals surface area contributed by atoms with Crippen LogP contribution in [0.15, 0.2) is 34.9 Å². The van der Waals surface area contributed by atoms with Crippen molar-refractivity contribution in [1.29, 1.82) is 0 Å². The van der Waals surface area contributed by atoms with Crippen molar-refractivity contribution in [3.05, 3.63) is 34.9 Å². The molecular weight excluding hydrogens is 212 g/mol. The van der Waals surface area contributed by atoms with Crippen LogP contribution in [0.5, 0.6) is 0 Å². The van der Waals surface area contributed by atoms with Gasteiger partial charge in [-0.1, -0.05) is 23.8 Å². The summed E-state index contributed by atoms with van der Waals surface area (Å²) >= 11 is 0. The smallest absolute Gasteiger partial charge is 0.334 e. The molecule has 90 valence electrons. The summed E-state index contributed by atoms with van der Waals surface area (Å²) in [5, 5.41) is 0. The van der Waals surface area contributed by atoms with E-state index < -0.39 is 0 Å². The lowest BCUT2D eigenvalue weighted by Gasteiger charge is -2.26. The Balaban J connectivity index is 2.06. The summed E-state index contributed by atoms with van der Waals surface area (Å²) in [6.45, 7) is 8.28. The number of carbonyl (C=O) groups excluding carboxylic acids is 1. The summed E-state index contributed by atoms with van der Waals surface area (Å²) in [4.78, 5) is 11.7. The summed E-state index contributed by atoms with van der Waals surface area (Å²) in [5.74, 6) is 0.716. The van der Waals surface area contributed by atoms with Crippen molar-refractivity contribution in [3.8, 4) is 0 Å². The van der Waals surface area contributed by atoms with Crippen molar-refractivity contribution in [2.24, 2.45) is 11.8 Å². The van der Waals surface area contributed by atoms with Crippen molar-refractivity contribution in [2.45, 2.75) is 39.2 Å². The topological polar surface area (TPSA) is 26.3 Å². The number of hydrogen-bond acceptors (Lipinski definition) is 2. The molecule has 0 saturated heterocycles. The van der Waals surface area contributed by atoms with Gasteiger partial charge in [0.25, 0.3) is 0 Å². The van der Waals surface area contributed by atoms with Crippen LogP contribution in [-0.4, -0.2) is 12.1 Å². The van der Waals surface area contributed by atoms with E-state index in [-0.39, 0.29) is 12.1 Å². The Hall–Kier alpha value is -1.31. The van der Waals surface area contributed by atoms with Gasteiger partial charge in [0.05, 0.1) is 0 Å². The van der Waals surface area contributed by atoms with E-state index in [1.807, 2.05) is 6.92 Å². The van der Waals surface area contributed by atoms with E-state index in [0.29, 0.717) is 11.8 Å². The van der Waals surface area contributed by atoms with Gasteiger partial charge >= 0.3 is 5.97 Å². The van der Waals surface area contributed by atoms with Crippen molar-refractivity contribution < 1.29 is 9.53 Å². The first kappa shape index (κ1) is 10.8. The highest BCUT2D eigenvalue weighted by Crippen LogP contribution is 2.48. The van der Waals surface area contributed by atoms with Gasteiger partial charge in [-0.05, 0) is 44.6 Å². The van der Waals surface area contributed by atoms with Gasteiger partial charge in [0.2, 0.25) is 0 Å². The van der Waals surface area contributed by atoms with E-state index in [1.54, 1.807) is 0 Å². The van der Waals surface area contributed by atoms with E-state index in [0.717, 1.165) is 24.8 Å². The minimum atomic E-state index is -0.115. The lowest BCUT2D eigenvalue weighted by Crippen LogP contribution is -2.27. The van der Waals surface area contributed by atoms with Crippen LogP contribution in [-0.2, 0) is 9.53 Å². The maximum absolute atomic E-state index is 11.7. The molecule has 0 aromatic rings. The summed E-state index contributed by atoms with van der Waals surface area (Å²) in [6.07, 6.45) is 5.29. The molecule has 3 aliphatic rings. The van der Waals surface area contributed by atoms with Gasteiger partial charge in [-0.2, -0.15) is 0 Å². The minimum Gasteiger partial charge on any atom is -0.454 e. The lowest BCUT2D eigenvalue weighted by molar-refractivity contribution is -0.141. The van der Waals surface area contributed by atoms with Gasteiger partial charge in [-0.3, -0.25) is 0 Å². The summed E-state index contributed by atoms with van der Waals surface area (Å²) in [5.41, 5.74) is 4.75. The largest absolute Gasteiger partial charge is 0.454 e. The Bertz CT molecular complexity index is 467. The molecule has 1 aliphatic heterocycles. The second-order valence-corrected chi connectivity index (χ2v) is 5.45. The summed E-state index contributed by atoms with van der Waals surface area (Å²) in [7, 11) is 0. The van der Waals surface area contributed by atoms with Gasteiger partial charge in [-0.25, -0.2) is 4.79 Å². The third-order valence-electron chi connectivity index (χ3n) is 4.58. The average molecular weight is 230 g/mol. The zero-order valence-electron chi connectivity index (χ0n) is 10.5. The van der Waals surface area contributed by atoms with Gasteiger partial charge < -0.3 is 4.74 Å². The average Bonchev–Trinajstić information content (AvgIpc) is 2.75. The molecule has 0 radical (unpaired) electrons. The van der Waals surface area contributed by atoms with E-state index in [1.165, 1.54) is 16.7 Å². The first-order chi connectivity index (χ1) is 8.09. The quantitative estimate of drug-likeness (QED) is 0.472. The predicted molar refractivity (Wildman–Crippen MR) is 66.3 cm³/mol. The molecule has 0 bridgehead atoms. The highest BCUT2D eigenvalue weighted by Gasteiger charge is 2.45. The molecule has 1 unspecified atom stereocenters. The number of rotatable bonds is 0. The molecule has 0 aromatic carbocycles. The highest BCUT2D eigenvalue weighted by molar-refractivity contribution is 5.91. The molecule has 0 aromatic heterocycles. The van der Waals surface area contributed by atoms with Gasteiger partial charge in [0.1, 0.15) is 6.10 Å². The molecule has 0 spiro atoms. The van der Waals surface area contributed by atoms with E-state index >= 15 is 0 Å². The molecule has 3 atom stereocenters. The molecule has 17 heavy (non-hydrogen) atoms. The van der Waals surface area contributed by atoms with E-state index in [9.17, 15) is 4.79 Å². The molecule has 0 amide bonds. The number of carbonyl (C=O) groups is 1. The maximum Gasteiger partial charge on any atom is 0.334 e. The van der Waals surface area contributed by atoms with Crippen molar-refractivity contribution in [2.75, 3.05) is 0 Å². The van der Waals surface area contributed by atoms with Crippen molar-refractivity contribution in [3.63, 3.8) is 0 Å². The van der Waals surface area contributed by atoms with Crippen molar-refractivity contribution in [1.82, 2.24) is 0 Å². The minimum absolute atomic E-state index is 0.00880. The number of ether oxygens (including phenoxy) is 1. The summed E-state index contributed by atoms with van der Waals surface area (Å²) in [6, 6.07) is 0. The molecule has 2 heteroatoms. The second-order valence-electron chi connectivity index (χ2n) is 5.45. The Kier molecular flexibility index (Phi) is 2.29. The lowest BCUT2D eigenvalue weighted by atomic mass is 9.82. The third-order valence-corrected chi connectivity index (χ3v) is 4.58. The Morgan fingerprint density at radius 3 is 2.88 bits per heavy atom. The zero-order valence-corrected chi connectivity index (χ0v) is 10.5. The number of esters is 1. The van der Waals surface area contributed by atoms with Crippen LogP contribution in [0.25, 0.3) is 0 Å². The van der Waals surface area contributed by atoms with Crippen LogP contribution in [0.2, 0.25) is 0 Å². The number of allylic oxidation sites excluding steroid dienone is 2. The molecule has 0 N–H and O–H groups in total. The van der Waals surface area contributed by atoms with E-state index in [2.05, 4.69) is 19.6 Å². The normalized spacial score (nSPS) is 36.4. The molecule has 1 saturated carbocycles. The monoisotopic (exact) mass is 230 g/mol. The van der Waals surface area contributed by atoms with Crippen LogP contribution in [0.3, 0.4) is 0 Å². The molecule has 3 rings (SSSR count). The molecular formula is C15H18O2. The molecule has 2 aliphatic carbocycles. The maximum atomic E-state index is 11.7. The fourth-order valence-corrected chi connectivity index (χ4v) is 3.50. The third kappa shape index (κ3) is 1.43. The molecule has 1 heterocycles. The fraction of sp³-hybridized carbons (Fsp3) is 0.533. The fourth-order valence-electron chi connectivity index (χ4n) is 3.50. The van der Waals surface area contributed by atoms with Gasteiger partial charge in [0.15, 0.2) is 0 Å². The Labute approximate surface area is 102 Å². The number of fused-ring (bicyclic) bond motifs is 3. The van der Waals surface area contributed by atoms with Gasteiger partial charge in [-0.15, -0.1) is 0 Å². The van der Waals surface area contributed by atoms with Crippen LogP contribution in [0, 0.1) is 11.8 Å². The SMILES string of the molecule is C=C1CCC2=C(C)C(=O)OC2[C@H]2C(C)=CC[C@@H]12. The van der Waals surface area contributed by atoms with Crippen LogP contribution < -0.4 is 0 Å². The predicted octanol–water partition coefficient (Wildman–Crippen LogP) is 3.16. The molecule has 2 nitrogen and oxygen atoms in total. The van der Waals surface area contributed by atoms with E-state index in [4.69, 9.17) is 4.74 Å². The van der Waals surface area contributed by atoms with Crippen LogP contribution in [0.4, 0.5) is 0 Å².